The Kier molecular flexibility index (Phi) is 37.0. The number of nitrogens with one attached hydrogen (secondary N) is 8. The Hall–Kier alpha value is -4.39. The molecular weight excluding hydrogens is 1300 g/mol. The third kappa shape index (κ3) is 27.5. The predicted molar refractivity (Wildman–Crippen MR) is 326 cm³/mol. The topological polar surface area (TPSA) is 527 Å². The quantitative estimate of drug-likeness (QED) is 0.0200. The molecule has 18 atom stereocenters. The van der Waals surface area contributed by atoms with Gasteiger partial charge in [0.1, 0.15) is 85.1 Å². The fourth-order valence-corrected chi connectivity index (χ4v) is 11.6. The Morgan fingerprint density at radius 1 is 0.489 bits per heavy atom. The average molecular weight is 1400 g/mol. The van der Waals surface area contributed by atoms with Gasteiger partial charge in [0.05, 0.1) is 85.4 Å². The van der Waals surface area contributed by atoms with Gasteiger partial charge in [-0.25, -0.2) is 0 Å². The summed E-state index contributed by atoms with van der Waals surface area (Å²) in [6.45, 7) is 0.815. The van der Waals surface area contributed by atoms with Crippen LogP contribution in [0.3, 0.4) is 0 Å². The van der Waals surface area contributed by atoms with Crippen molar-refractivity contribution in [1.29, 1.82) is 0 Å². The Labute approximate surface area is 549 Å². The fourth-order valence-electron chi connectivity index (χ4n) is 10.3. The molecule has 0 bridgehead atoms. The lowest BCUT2D eigenvalue weighted by molar-refractivity contribution is -0.272. The van der Waals surface area contributed by atoms with Crippen molar-refractivity contribution in [2.75, 3.05) is 98.9 Å². The molecule has 3 saturated heterocycles. The maximum absolute atomic E-state index is 13.9. The van der Waals surface area contributed by atoms with E-state index in [1.54, 1.807) is 13.8 Å². The van der Waals surface area contributed by atoms with E-state index in [0.29, 0.717) is 25.7 Å². The Bertz CT molecular complexity index is 2410. The third-order valence-corrected chi connectivity index (χ3v) is 19.0. The van der Waals surface area contributed by atoms with Crippen LogP contribution in [-0.2, 0) is 97.3 Å². The number of ether oxygens (including phenoxy) is 9. The molecule has 4 rings (SSSR count). The van der Waals surface area contributed by atoms with Gasteiger partial charge < -0.3 is 141 Å². The zero-order valence-electron chi connectivity index (χ0n) is 53.5. The lowest BCUT2D eigenvalue weighted by Gasteiger charge is -2.42. The number of hydrogen-bond donors (Lipinski definition) is 18. The van der Waals surface area contributed by atoms with Gasteiger partial charge in [0.2, 0.25) is 47.3 Å². The Morgan fingerprint density at radius 3 is 1.19 bits per heavy atom. The van der Waals surface area contributed by atoms with Crippen LogP contribution in [0.5, 0.6) is 0 Å². The van der Waals surface area contributed by atoms with Crippen molar-refractivity contribution in [2.24, 2.45) is 5.92 Å². The van der Waals surface area contributed by atoms with Crippen LogP contribution in [0.2, 0.25) is 0 Å². The molecule has 18 unspecified atom stereocenters. The van der Waals surface area contributed by atoms with Crippen LogP contribution in [0.15, 0.2) is 0 Å². The molecule has 36 nitrogen and oxygen atoms in total. The van der Waals surface area contributed by atoms with E-state index in [1.165, 1.54) is 20.8 Å². The van der Waals surface area contributed by atoms with Crippen LogP contribution in [0.25, 0.3) is 0 Å². The molecule has 4 fully saturated rings. The maximum Gasteiger partial charge on any atom is 0.242 e. The lowest BCUT2D eigenvalue weighted by Crippen LogP contribution is -2.64. The first kappa shape index (κ1) is 82.0. The van der Waals surface area contributed by atoms with Crippen molar-refractivity contribution in [2.45, 2.75) is 202 Å². The van der Waals surface area contributed by atoms with Gasteiger partial charge in [-0.1, -0.05) is 13.8 Å². The van der Waals surface area contributed by atoms with E-state index in [4.69, 9.17) is 59.0 Å². The standard InChI is InChI=1S/C56H99N8O28PS/c1-29(2)93(82,94)92-34-8-6-33(7-9-34)51(79)64-36(53(81)59-16-19-85-22-25-88-56-44(62-32(5)70)50(78)47(75)39(28-67)91-56)11-13-41(72)63-35(52(80)58-15-18-84-21-24-87-55-43(61-31(4)69)49(77)46(74)38(27-66)90-55)10-12-40(71)57-14-17-83-20-23-86-54-42(60-30(3)68)48(76)45(73)37(26-65)89-54/h29,33-39,42-50,54-56,65-67,73-78H,6-28H2,1-5H3,(H,57,71)(H,58,80)(H,59,81)(H,60,68)(H,61,69)(H,62,70)(H,63,72)(H,64,79)(H,82,94). The summed E-state index contributed by atoms with van der Waals surface area (Å²) >= 11 is 5.32. The Balaban J connectivity index is 1.37. The minimum Gasteiger partial charge on any atom is -0.394 e. The summed E-state index contributed by atoms with van der Waals surface area (Å²) in [5.41, 5.74) is -0.283. The summed E-state index contributed by atoms with van der Waals surface area (Å²) in [6.07, 6.45) is -16.8. The molecule has 0 aromatic heterocycles. The molecule has 38 heteroatoms. The summed E-state index contributed by atoms with van der Waals surface area (Å²) in [5, 5.41) is 112. The summed E-state index contributed by atoms with van der Waals surface area (Å²) < 4.78 is 56.2. The van der Waals surface area contributed by atoms with Gasteiger partial charge >= 0.3 is 0 Å². The smallest absolute Gasteiger partial charge is 0.242 e. The first-order valence-corrected chi connectivity index (χ1v) is 34.1. The molecule has 1 aliphatic carbocycles. The highest BCUT2D eigenvalue weighted by Crippen LogP contribution is 2.50. The van der Waals surface area contributed by atoms with E-state index in [1.807, 2.05) is 0 Å². The molecule has 8 amide bonds. The summed E-state index contributed by atoms with van der Waals surface area (Å²) in [5.74, 6) is -5.44. The minimum absolute atomic E-state index is 0.0232. The summed E-state index contributed by atoms with van der Waals surface area (Å²) in [7, 11) is 0. The normalized spacial score (nSPS) is 30.0. The molecule has 18 N–H and O–H groups in total. The summed E-state index contributed by atoms with van der Waals surface area (Å²) in [6, 6.07) is -6.20. The molecular formula is C56H99N8O28PS. The molecule has 3 aliphatic heterocycles. The van der Waals surface area contributed by atoms with Gasteiger partial charge in [-0.15, -0.1) is 0 Å². The average Bonchev–Trinajstić information content (AvgIpc) is 0.828. The molecule has 542 valence electrons. The highest BCUT2D eigenvalue weighted by molar-refractivity contribution is 8.09. The Morgan fingerprint density at radius 2 is 0.840 bits per heavy atom. The van der Waals surface area contributed by atoms with E-state index < -0.39 is 190 Å². The monoisotopic (exact) mass is 1390 g/mol. The van der Waals surface area contributed by atoms with Crippen molar-refractivity contribution in [1.82, 2.24) is 42.5 Å². The van der Waals surface area contributed by atoms with E-state index >= 15 is 0 Å². The molecule has 3 heterocycles. The number of aliphatic hydroxyl groups excluding tert-OH is 9. The van der Waals surface area contributed by atoms with Crippen molar-refractivity contribution in [3.8, 4) is 0 Å². The second-order valence-corrected chi connectivity index (χ2v) is 27.1. The molecule has 0 radical (unpaired) electrons. The molecule has 4 aliphatic rings. The number of hydrogen-bond acceptors (Lipinski definition) is 28. The minimum atomic E-state index is -3.08. The number of aliphatic hydroxyl groups is 9. The van der Waals surface area contributed by atoms with Crippen LogP contribution in [0, 0.1) is 5.92 Å². The van der Waals surface area contributed by atoms with Crippen LogP contribution in [0.1, 0.15) is 86.0 Å². The highest BCUT2D eigenvalue weighted by Gasteiger charge is 2.48. The first-order chi connectivity index (χ1) is 44.6. The second kappa shape index (κ2) is 42.4. The molecule has 1 saturated carbocycles. The van der Waals surface area contributed by atoms with Crippen molar-refractivity contribution in [3.63, 3.8) is 0 Å². The zero-order chi connectivity index (χ0) is 69.7. The number of carbonyl (C=O) groups excluding carboxylic acids is 8. The molecule has 0 spiro atoms. The van der Waals surface area contributed by atoms with Crippen molar-refractivity contribution in [3.05, 3.63) is 0 Å². The highest BCUT2D eigenvalue weighted by atomic mass is 32.5. The number of carbonyl (C=O) groups is 8. The number of amides is 8. The van der Waals surface area contributed by atoms with Gasteiger partial charge in [0.25, 0.3) is 0 Å². The second-order valence-electron chi connectivity index (χ2n) is 23.2. The van der Waals surface area contributed by atoms with Gasteiger partial charge in [-0.2, -0.15) is 0 Å². The van der Waals surface area contributed by atoms with Crippen LogP contribution in [0.4, 0.5) is 0 Å². The largest absolute Gasteiger partial charge is 0.394 e. The predicted octanol–water partition coefficient (Wildman–Crippen LogP) is -7.92. The number of rotatable bonds is 41. The van der Waals surface area contributed by atoms with Crippen molar-refractivity contribution >= 4 is 65.6 Å². The van der Waals surface area contributed by atoms with E-state index in [2.05, 4.69) is 42.5 Å². The van der Waals surface area contributed by atoms with E-state index in [-0.39, 0.29) is 110 Å². The summed E-state index contributed by atoms with van der Waals surface area (Å²) in [4.78, 5) is 114. The van der Waals surface area contributed by atoms with Crippen LogP contribution < -0.4 is 42.5 Å². The van der Waals surface area contributed by atoms with Crippen molar-refractivity contribution < 1.29 is 136 Å². The van der Waals surface area contributed by atoms with Gasteiger partial charge in [-0.3, -0.25) is 38.4 Å². The van der Waals surface area contributed by atoms with Crippen LogP contribution in [-0.4, -0.2) is 313 Å². The van der Waals surface area contributed by atoms with Gasteiger partial charge in [-0.05, 0) is 50.3 Å². The van der Waals surface area contributed by atoms with E-state index in [0.717, 1.165) is 0 Å². The van der Waals surface area contributed by atoms with E-state index in [9.17, 15) is 89.2 Å². The molecule has 94 heavy (non-hydrogen) atoms. The molecule has 0 aromatic rings. The third-order valence-electron chi connectivity index (χ3n) is 15.5. The SMILES string of the molecule is CC(=O)NC1C(OCCOCCNC(=O)CCC(NC(=O)CCC(NC(=O)C2CCC(OP(O)(=S)C(C)C)CC2)C(=O)NCCOCCOC2OC(CO)C(O)C(O)C2NC(C)=O)C(=O)NCCOCCOC2OC(CO)C(O)C(O)C2NC(C)=O)OC(CO)C(O)C1O. The zero-order valence-corrected chi connectivity index (χ0v) is 55.2. The van der Waals surface area contributed by atoms with Gasteiger partial charge in [0.15, 0.2) is 25.4 Å². The first-order valence-electron chi connectivity index (χ1n) is 31.3. The van der Waals surface area contributed by atoms with Gasteiger partial charge in [0, 0.05) is 64.8 Å². The fraction of sp³-hybridized carbons (Fsp3) is 0.857. The van der Waals surface area contributed by atoms with Crippen LogP contribution >= 0.6 is 6.49 Å². The molecule has 0 aromatic carbocycles. The lowest BCUT2D eigenvalue weighted by atomic mass is 9.86. The maximum atomic E-state index is 13.9.